The first-order chi connectivity index (χ1) is 17.1. The van der Waals surface area contributed by atoms with E-state index in [0.29, 0.717) is 48.2 Å². The van der Waals surface area contributed by atoms with Crippen LogP contribution in [0.1, 0.15) is 48.7 Å². The van der Waals surface area contributed by atoms with Crippen LogP contribution >= 0.6 is 0 Å². The van der Waals surface area contributed by atoms with Gasteiger partial charge in [-0.3, -0.25) is 14.8 Å². The number of ketones is 1. The first kappa shape index (κ1) is 22.4. The number of hydrogen-bond donors (Lipinski definition) is 2. The second kappa shape index (κ2) is 9.17. The molecular formula is C27H30N4O4. The van der Waals surface area contributed by atoms with Crippen LogP contribution in [-0.4, -0.2) is 45.6 Å². The molecule has 4 heterocycles. The standard InChI is InChI=1S/C27H30N4O4/c1-34-26-5-3-22-27(31-26)20(6-7-28-22)24(33)12-21-15-8-16(21)10-18(9-15)29-13-17-2-4-25-23(30-17)11-19(32)14-35-25/h2-7,15-16,18,21,24,29,33H,8-14H2,1H3. The van der Waals surface area contributed by atoms with Gasteiger partial charge in [0, 0.05) is 30.4 Å². The lowest BCUT2D eigenvalue weighted by Crippen LogP contribution is -2.50. The van der Waals surface area contributed by atoms with Crippen LogP contribution < -0.4 is 14.8 Å². The van der Waals surface area contributed by atoms with Gasteiger partial charge in [-0.25, -0.2) is 4.98 Å². The Bertz CT molecular complexity index is 1250. The molecule has 1 aliphatic heterocycles. The Morgan fingerprint density at radius 1 is 1.14 bits per heavy atom. The molecule has 3 saturated carbocycles. The van der Waals surface area contributed by atoms with Crippen LogP contribution in [0.15, 0.2) is 36.5 Å². The molecule has 0 amide bonds. The normalized spacial score (nSPS) is 25.9. The average molecular weight is 475 g/mol. The fourth-order valence-electron chi connectivity index (χ4n) is 6.18. The number of methoxy groups -OCH3 is 1. The summed E-state index contributed by atoms with van der Waals surface area (Å²) in [5.74, 6) is 3.11. The van der Waals surface area contributed by atoms with Crippen LogP contribution in [0.2, 0.25) is 0 Å². The Morgan fingerprint density at radius 2 is 2.00 bits per heavy atom. The van der Waals surface area contributed by atoms with E-state index in [1.165, 1.54) is 6.42 Å². The van der Waals surface area contributed by atoms with Crippen molar-refractivity contribution in [3.63, 3.8) is 0 Å². The first-order valence-electron chi connectivity index (χ1n) is 12.4. The number of Topliss-reactive ketones (excluding diaryl/α,β-unsaturated/α-hetero) is 1. The third kappa shape index (κ3) is 4.36. The highest BCUT2D eigenvalue weighted by Crippen LogP contribution is 2.54. The van der Waals surface area contributed by atoms with Gasteiger partial charge in [-0.15, -0.1) is 0 Å². The van der Waals surface area contributed by atoms with Gasteiger partial charge < -0.3 is 19.9 Å². The van der Waals surface area contributed by atoms with Gasteiger partial charge in [0.1, 0.15) is 12.4 Å². The Balaban J connectivity index is 1.06. The predicted molar refractivity (Wildman–Crippen MR) is 129 cm³/mol. The molecule has 35 heavy (non-hydrogen) atoms. The molecule has 3 atom stereocenters. The fraction of sp³-hybridized carbons (Fsp3) is 0.481. The number of ether oxygens (including phenoxy) is 2. The van der Waals surface area contributed by atoms with Gasteiger partial charge in [-0.05, 0) is 67.7 Å². The number of rotatable bonds is 7. The first-order valence-corrected chi connectivity index (χ1v) is 12.4. The Kier molecular flexibility index (Phi) is 5.86. The molecule has 4 aliphatic rings. The van der Waals surface area contributed by atoms with Gasteiger partial charge in [0.15, 0.2) is 5.78 Å². The number of nitrogens with zero attached hydrogens (tertiary/aromatic N) is 3. The fourth-order valence-corrected chi connectivity index (χ4v) is 6.18. The van der Waals surface area contributed by atoms with Crippen molar-refractivity contribution in [2.75, 3.05) is 13.7 Å². The summed E-state index contributed by atoms with van der Waals surface area (Å²) in [5.41, 5.74) is 4.01. The molecule has 3 aliphatic carbocycles. The molecule has 8 nitrogen and oxygen atoms in total. The number of fused-ring (bicyclic) bond motifs is 4. The monoisotopic (exact) mass is 474 g/mol. The molecule has 0 aromatic carbocycles. The van der Waals surface area contributed by atoms with Crippen LogP contribution in [0.25, 0.3) is 11.0 Å². The maximum atomic E-state index is 11.7. The Hall–Kier alpha value is -3.10. The summed E-state index contributed by atoms with van der Waals surface area (Å²) in [5, 5.41) is 14.8. The van der Waals surface area contributed by atoms with Crippen molar-refractivity contribution in [2.24, 2.45) is 17.8 Å². The number of carbonyl (C=O) groups is 1. The van der Waals surface area contributed by atoms with Crippen LogP contribution in [-0.2, 0) is 17.8 Å². The SMILES string of the molecule is COc1ccc2nccc(C(O)CC3C4CC(NCc5ccc6c(n5)CC(=O)CO6)CC3C4)c2n1. The second-order valence-electron chi connectivity index (χ2n) is 10.1. The molecule has 8 heteroatoms. The number of hydrogen-bond acceptors (Lipinski definition) is 8. The molecule has 0 spiro atoms. The van der Waals surface area contributed by atoms with E-state index in [1.807, 2.05) is 24.3 Å². The van der Waals surface area contributed by atoms with Crippen molar-refractivity contribution < 1.29 is 19.4 Å². The number of nitrogens with one attached hydrogen (secondary N) is 1. The summed E-state index contributed by atoms with van der Waals surface area (Å²) in [6.45, 7) is 0.838. The third-order valence-electron chi connectivity index (χ3n) is 7.96. The highest BCUT2D eigenvalue weighted by atomic mass is 16.5. The zero-order valence-corrected chi connectivity index (χ0v) is 19.8. The van der Waals surface area contributed by atoms with Gasteiger partial charge in [-0.1, -0.05) is 0 Å². The molecule has 3 fully saturated rings. The highest BCUT2D eigenvalue weighted by Gasteiger charge is 2.47. The maximum absolute atomic E-state index is 11.7. The van der Waals surface area contributed by atoms with Gasteiger partial charge in [0.25, 0.3) is 0 Å². The number of aromatic nitrogens is 3. The summed E-state index contributed by atoms with van der Waals surface area (Å²) in [6, 6.07) is 9.91. The number of aliphatic hydroxyl groups is 1. The molecule has 2 N–H and O–H groups in total. The highest BCUT2D eigenvalue weighted by molar-refractivity contribution is 5.84. The lowest BCUT2D eigenvalue weighted by Gasteiger charge is -2.53. The minimum atomic E-state index is -0.565. The molecule has 3 aromatic heterocycles. The quantitative estimate of drug-likeness (QED) is 0.538. The van der Waals surface area contributed by atoms with Gasteiger partial charge >= 0.3 is 0 Å². The maximum Gasteiger partial charge on any atom is 0.213 e. The van der Waals surface area contributed by atoms with Gasteiger partial charge in [-0.2, -0.15) is 0 Å². The third-order valence-corrected chi connectivity index (χ3v) is 7.96. The Morgan fingerprint density at radius 3 is 2.83 bits per heavy atom. The van der Waals surface area contributed by atoms with Crippen LogP contribution in [0.4, 0.5) is 0 Å². The van der Waals surface area contributed by atoms with E-state index in [1.54, 1.807) is 19.4 Å². The zero-order chi connectivity index (χ0) is 23.9. The van der Waals surface area contributed by atoms with E-state index in [0.717, 1.165) is 47.5 Å². The lowest BCUT2D eigenvalue weighted by molar-refractivity contribution is -0.121. The van der Waals surface area contributed by atoms with Crippen LogP contribution in [0.5, 0.6) is 11.6 Å². The molecule has 0 saturated heterocycles. The summed E-state index contributed by atoms with van der Waals surface area (Å²) in [7, 11) is 1.59. The largest absolute Gasteiger partial charge is 0.484 e. The molecular weight excluding hydrogens is 444 g/mol. The van der Waals surface area contributed by atoms with Crippen molar-refractivity contribution >= 4 is 16.8 Å². The Labute approximate surface area is 204 Å². The number of carbonyl (C=O) groups excluding carboxylic acids is 1. The summed E-state index contributed by atoms with van der Waals surface area (Å²) < 4.78 is 10.7. The molecule has 7 rings (SSSR count). The van der Waals surface area contributed by atoms with E-state index in [-0.39, 0.29) is 12.4 Å². The van der Waals surface area contributed by atoms with E-state index in [4.69, 9.17) is 9.47 Å². The number of pyridine rings is 3. The van der Waals surface area contributed by atoms with Crippen LogP contribution in [0, 0.1) is 17.8 Å². The van der Waals surface area contributed by atoms with Crippen molar-refractivity contribution in [2.45, 2.75) is 50.8 Å². The molecule has 2 bridgehead atoms. The smallest absolute Gasteiger partial charge is 0.213 e. The molecule has 3 aromatic rings. The van der Waals surface area contributed by atoms with E-state index < -0.39 is 6.10 Å². The van der Waals surface area contributed by atoms with Gasteiger partial charge in [0.2, 0.25) is 5.88 Å². The average Bonchev–Trinajstić information content (AvgIpc) is 2.89. The van der Waals surface area contributed by atoms with E-state index in [9.17, 15) is 9.90 Å². The van der Waals surface area contributed by atoms with Gasteiger partial charge in [0.05, 0.1) is 42.1 Å². The van der Waals surface area contributed by atoms with Crippen molar-refractivity contribution in [3.8, 4) is 11.6 Å². The summed E-state index contributed by atoms with van der Waals surface area (Å²) in [6.07, 6.45) is 5.76. The predicted octanol–water partition coefficient (Wildman–Crippen LogP) is 3.17. The summed E-state index contributed by atoms with van der Waals surface area (Å²) >= 11 is 0. The summed E-state index contributed by atoms with van der Waals surface area (Å²) in [4.78, 5) is 25.2. The lowest BCUT2D eigenvalue weighted by atomic mass is 9.54. The van der Waals surface area contributed by atoms with Crippen molar-refractivity contribution in [1.29, 1.82) is 0 Å². The minimum absolute atomic E-state index is 0.0744. The topological polar surface area (TPSA) is 106 Å². The van der Waals surface area contributed by atoms with Crippen molar-refractivity contribution in [1.82, 2.24) is 20.3 Å². The molecule has 0 radical (unpaired) electrons. The second-order valence-corrected chi connectivity index (χ2v) is 10.1. The van der Waals surface area contributed by atoms with Crippen molar-refractivity contribution in [3.05, 3.63) is 53.5 Å². The van der Waals surface area contributed by atoms with E-state index in [2.05, 4.69) is 20.3 Å². The minimum Gasteiger partial charge on any atom is -0.484 e. The molecule has 3 unspecified atom stereocenters. The zero-order valence-electron chi connectivity index (χ0n) is 19.8. The molecule has 182 valence electrons. The number of aliphatic hydroxyl groups excluding tert-OH is 1. The van der Waals surface area contributed by atoms with E-state index >= 15 is 0 Å². The van der Waals surface area contributed by atoms with Crippen LogP contribution in [0.3, 0.4) is 0 Å².